The van der Waals surface area contributed by atoms with Crippen molar-refractivity contribution in [3.63, 3.8) is 0 Å². The van der Waals surface area contributed by atoms with Crippen molar-refractivity contribution in [2.24, 2.45) is 0 Å². The Hall–Kier alpha value is -1.09. The Morgan fingerprint density at radius 2 is 1.50 bits per heavy atom. The van der Waals surface area contributed by atoms with Crippen molar-refractivity contribution in [1.29, 1.82) is 0 Å². The lowest BCUT2D eigenvalue weighted by molar-refractivity contribution is -0.342. The first-order valence-corrected chi connectivity index (χ1v) is 3.41. The van der Waals surface area contributed by atoms with Crippen LogP contribution in [0.3, 0.4) is 0 Å². The Morgan fingerprint density at radius 3 is 1.81 bits per heavy atom. The summed E-state index contributed by atoms with van der Waals surface area (Å²) in [5, 5.41) is 0. The summed E-state index contributed by atoms with van der Waals surface area (Å²) in [7, 11) is 0. The van der Waals surface area contributed by atoms with Crippen LogP contribution in [0, 0.1) is 0 Å². The largest absolute Gasteiger partial charge is 0.451 e. The Balaban J connectivity index is 5.08. The SMILES string of the molecule is O=[C]OCC(F)(F)C(F)(F)C(F)(F)C(F)F. The quantitative estimate of drug-likeness (QED) is 0.684. The molecule has 0 spiro atoms. The molecule has 2 nitrogen and oxygen atoms in total. The molecule has 95 valence electrons. The molecule has 0 bridgehead atoms. The maximum atomic E-state index is 12.4. The van der Waals surface area contributed by atoms with Gasteiger partial charge in [-0.15, -0.1) is 0 Å². The van der Waals surface area contributed by atoms with E-state index in [0.717, 1.165) is 0 Å². The van der Waals surface area contributed by atoms with Gasteiger partial charge in [-0.3, -0.25) is 0 Å². The fourth-order valence-corrected chi connectivity index (χ4v) is 0.592. The molecule has 0 heterocycles. The summed E-state index contributed by atoms with van der Waals surface area (Å²) in [6.07, 6.45) is -4.99. The molecule has 16 heavy (non-hydrogen) atoms. The first kappa shape index (κ1) is 14.9. The number of ether oxygens (including phenoxy) is 1. The van der Waals surface area contributed by atoms with Gasteiger partial charge in [-0.1, -0.05) is 0 Å². The van der Waals surface area contributed by atoms with Gasteiger partial charge >= 0.3 is 30.7 Å². The summed E-state index contributed by atoms with van der Waals surface area (Å²) in [6, 6.07) is 0. The Morgan fingerprint density at radius 1 is 1.06 bits per heavy atom. The van der Waals surface area contributed by atoms with Gasteiger partial charge in [-0.25, -0.2) is 13.6 Å². The lowest BCUT2D eigenvalue weighted by Gasteiger charge is -2.31. The van der Waals surface area contributed by atoms with Crippen molar-refractivity contribution in [1.82, 2.24) is 0 Å². The predicted molar refractivity (Wildman–Crippen MR) is 32.5 cm³/mol. The molecule has 0 aliphatic rings. The molecule has 0 amide bonds. The maximum absolute atomic E-state index is 12.4. The van der Waals surface area contributed by atoms with Gasteiger partial charge in [0.25, 0.3) is 0 Å². The number of halogens is 8. The van der Waals surface area contributed by atoms with E-state index in [4.69, 9.17) is 0 Å². The molecule has 0 unspecified atom stereocenters. The molecule has 0 rings (SSSR count). The van der Waals surface area contributed by atoms with E-state index in [1.807, 2.05) is 0 Å². The van der Waals surface area contributed by atoms with Crippen molar-refractivity contribution in [2.45, 2.75) is 24.2 Å². The summed E-state index contributed by atoms with van der Waals surface area (Å²) >= 11 is 0. The van der Waals surface area contributed by atoms with Crippen molar-refractivity contribution in [3.05, 3.63) is 0 Å². The monoisotopic (exact) mass is 259 g/mol. The van der Waals surface area contributed by atoms with Gasteiger partial charge < -0.3 is 4.74 Å². The van der Waals surface area contributed by atoms with Gasteiger partial charge in [-0.2, -0.15) is 26.3 Å². The van der Waals surface area contributed by atoms with E-state index in [2.05, 4.69) is 4.74 Å². The smallest absolute Gasteiger partial charge is 0.417 e. The molecule has 0 atom stereocenters. The summed E-state index contributed by atoms with van der Waals surface area (Å²) in [4.78, 5) is 9.30. The molecule has 0 aromatic rings. The normalized spacial score (nSPS) is 14.1. The highest BCUT2D eigenvalue weighted by Gasteiger charge is 2.75. The Bertz CT molecular complexity index is 251. The van der Waals surface area contributed by atoms with Crippen molar-refractivity contribution in [2.75, 3.05) is 6.61 Å². The molecule has 0 saturated heterocycles. The highest BCUT2D eigenvalue weighted by Crippen LogP contribution is 2.48. The lowest BCUT2D eigenvalue weighted by atomic mass is 10.1. The van der Waals surface area contributed by atoms with E-state index < -0.39 is 30.8 Å². The summed E-state index contributed by atoms with van der Waals surface area (Å²) in [5.41, 5.74) is 0. The fourth-order valence-electron chi connectivity index (χ4n) is 0.592. The third kappa shape index (κ3) is 2.35. The first-order valence-electron chi connectivity index (χ1n) is 3.41. The fraction of sp³-hybridized carbons (Fsp3) is 0.833. The van der Waals surface area contributed by atoms with Crippen LogP contribution in [-0.2, 0) is 9.53 Å². The van der Waals surface area contributed by atoms with Crippen molar-refractivity contribution < 1.29 is 44.7 Å². The third-order valence-electron chi connectivity index (χ3n) is 1.46. The van der Waals surface area contributed by atoms with Gasteiger partial charge in [0.15, 0.2) is 6.61 Å². The Kier molecular flexibility index (Phi) is 4.12. The summed E-state index contributed by atoms with van der Waals surface area (Å²) < 4.78 is 99.7. The molecule has 0 saturated carbocycles. The van der Waals surface area contributed by atoms with E-state index in [9.17, 15) is 39.9 Å². The van der Waals surface area contributed by atoms with Crippen LogP contribution in [0.25, 0.3) is 0 Å². The summed E-state index contributed by atoms with van der Waals surface area (Å²) in [5.74, 6) is -18.2. The van der Waals surface area contributed by atoms with Crippen LogP contribution in [0.2, 0.25) is 0 Å². The highest BCUT2D eigenvalue weighted by atomic mass is 19.4. The number of hydrogen-bond donors (Lipinski definition) is 0. The average molecular weight is 259 g/mol. The van der Waals surface area contributed by atoms with Gasteiger partial charge in [0.1, 0.15) is 0 Å². The van der Waals surface area contributed by atoms with Crippen molar-refractivity contribution >= 4 is 6.47 Å². The van der Waals surface area contributed by atoms with Crippen LogP contribution in [0.5, 0.6) is 0 Å². The zero-order valence-corrected chi connectivity index (χ0v) is 7.12. The molecule has 10 heteroatoms. The average Bonchev–Trinajstić information content (AvgIpc) is 2.13. The zero-order valence-electron chi connectivity index (χ0n) is 7.12. The molecule has 0 fully saturated rings. The molecule has 1 radical (unpaired) electrons. The highest BCUT2D eigenvalue weighted by molar-refractivity contribution is 5.38. The van der Waals surface area contributed by atoms with Crippen LogP contribution >= 0.6 is 0 Å². The second-order valence-corrected chi connectivity index (χ2v) is 2.57. The molecule has 0 aliphatic heterocycles. The molecular weight excluding hydrogens is 256 g/mol. The van der Waals surface area contributed by atoms with E-state index in [-0.39, 0.29) is 6.47 Å². The predicted octanol–water partition coefficient (Wildman–Crippen LogP) is 2.24. The lowest BCUT2D eigenvalue weighted by Crippen LogP contribution is -2.59. The van der Waals surface area contributed by atoms with Crippen LogP contribution in [0.1, 0.15) is 0 Å². The number of carbonyl (C=O) groups excluding carboxylic acids is 1. The minimum absolute atomic E-state index is 0.281. The molecule has 0 aliphatic carbocycles. The van der Waals surface area contributed by atoms with Crippen LogP contribution in [0.15, 0.2) is 0 Å². The molecular formula is C6H3F8O2. The summed E-state index contributed by atoms with van der Waals surface area (Å²) in [6.45, 7) is -2.20. The Labute approximate surface area is 83.2 Å². The zero-order chi connectivity index (χ0) is 13.2. The minimum Gasteiger partial charge on any atom is -0.451 e. The van der Waals surface area contributed by atoms with E-state index in [1.54, 1.807) is 0 Å². The maximum Gasteiger partial charge on any atom is 0.417 e. The first-order chi connectivity index (χ1) is 7.00. The van der Waals surface area contributed by atoms with Gasteiger partial charge in [0, 0.05) is 0 Å². The van der Waals surface area contributed by atoms with Crippen molar-refractivity contribution in [3.8, 4) is 0 Å². The molecule has 0 aromatic heterocycles. The van der Waals surface area contributed by atoms with Gasteiger partial charge in [-0.05, 0) is 0 Å². The number of alkyl halides is 8. The van der Waals surface area contributed by atoms with Crippen LogP contribution in [0.4, 0.5) is 35.1 Å². The number of hydrogen-bond acceptors (Lipinski definition) is 2. The topological polar surface area (TPSA) is 26.3 Å². The molecule has 0 aromatic carbocycles. The van der Waals surface area contributed by atoms with E-state index in [0.29, 0.717) is 0 Å². The standard InChI is InChI=1S/C6H3F8O2/c7-3(8)5(11,12)6(13,14)4(9,10)1-16-2-15/h3H,1H2. The number of rotatable bonds is 6. The second-order valence-electron chi connectivity index (χ2n) is 2.57. The van der Waals surface area contributed by atoms with E-state index in [1.165, 1.54) is 0 Å². The van der Waals surface area contributed by atoms with Gasteiger partial charge in [0.05, 0.1) is 0 Å². The minimum atomic E-state index is -6.36. The van der Waals surface area contributed by atoms with Crippen LogP contribution < -0.4 is 0 Å². The third-order valence-corrected chi connectivity index (χ3v) is 1.46. The second kappa shape index (κ2) is 4.42. The van der Waals surface area contributed by atoms with Crippen LogP contribution in [-0.4, -0.2) is 37.3 Å². The van der Waals surface area contributed by atoms with Gasteiger partial charge in [0.2, 0.25) is 0 Å². The van der Waals surface area contributed by atoms with E-state index >= 15 is 0 Å². The molecule has 0 N–H and O–H groups in total.